The molecule has 0 aliphatic carbocycles. The SMILES string of the molecule is C=C1CN(C(C)(CC)CC)CC(=O)N1. The van der Waals surface area contributed by atoms with Crippen molar-refractivity contribution in [2.75, 3.05) is 13.1 Å². The molecule has 1 amide bonds. The average molecular weight is 196 g/mol. The average Bonchev–Trinajstić information content (AvgIpc) is 2.15. The van der Waals surface area contributed by atoms with Crippen LogP contribution >= 0.6 is 0 Å². The van der Waals surface area contributed by atoms with Crippen LogP contribution in [0.15, 0.2) is 12.3 Å². The Morgan fingerprint density at radius 1 is 1.43 bits per heavy atom. The second kappa shape index (κ2) is 4.13. The van der Waals surface area contributed by atoms with Gasteiger partial charge in [-0.1, -0.05) is 20.4 Å². The summed E-state index contributed by atoms with van der Waals surface area (Å²) in [6, 6.07) is 0. The first-order valence-electron chi connectivity index (χ1n) is 5.24. The molecular formula is C11H20N2O. The van der Waals surface area contributed by atoms with Crippen molar-refractivity contribution < 1.29 is 4.79 Å². The van der Waals surface area contributed by atoms with E-state index in [0.717, 1.165) is 25.1 Å². The molecule has 1 aliphatic rings. The van der Waals surface area contributed by atoms with Gasteiger partial charge in [0.1, 0.15) is 0 Å². The third-order valence-electron chi connectivity index (χ3n) is 3.32. The van der Waals surface area contributed by atoms with Crippen molar-refractivity contribution in [2.24, 2.45) is 0 Å². The molecule has 1 rings (SSSR count). The lowest BCUT2D eigenvalue weighted by Gasteiger charge is -2.42. The van der Waals surface area contributed by atoms with E-state index in [-0.39, 0.29) is 11.4 Å². The monoisotopic (exact) mass is 196 g/mol. The third kappa shape index (κ3) is 2.15. The topological polar surface area (TPSA) is 32.3 Å². The first-order valence-corrected chi connectivity index (χ1v) is 5.24. The Hall–Kier alpha value is -0.830. The number of nitrogens with zero attached hydrogens (tertiary/aromatic N) is 1. The van der Waals surface area contributed by atoms with Crippen LogP contribution in [0.3, 0.4) is 0 Å². The lowest BCUT2D eigenvalue weighted by molar-refractivity contribution is -0.125. The van der Waals surface area contributed by atoms with Crippen LogP contribution in [0, 0.1) is 0 Å². The van der Waals surface area contributed by atoms with Crippen molar-refractivity contribution in [1.29, 1.82) is 0 Å². The fourth-order valence-corrected chi connectivity index (χ4v) is 1.81. The molecule has 1 heterocycles. The second-order valence-corrected chi connectivity index (χ2v) is 4.21. The van der Waals surface area contributed by atoms with Crippen LogP contribution in [-0.4, -0.2) is 29.4 Å². The molecule has 0 spiro atoms. The maximum atomic E-state index is 11.3. The minimum absolute atomic E-state index is 0.0642. The minimum Gasteiger partial charge on any atom is -0.328 e. The van der Waals surface area contributed by atoms with Gasteiger partial charge < -0.3 is 5.32 Å². The summed E-state index contributed by atoms with van der Waals surface area (Å²) in [6.07, 6.45) is 2.12. The molecule has 14 heavy (non-hydrogen) atoms. The van der Waals surface area contributed by atoms with E-state index in [9.17, 15) is 4.79 Å². The predicted molar refractivity (Wildman–Crippen MR) is 57.8 cm³/mol. The van der Waals surface area contributed by atoms with Crippen LogP contribution in [0.5, 0.6) is 0 Å². The molecule has 0 aromatic rings. The number of carbonyl (C=O) groups is 1. The van der Waals surface area contributed by atoms with Crippen molar-refractivity contribution in [3.8, 4) is 0 Å². The van der Waals surface area contributed by atoms with Gasteiger partial charge in [-0.25, -0.2) is 0 Å². The first-order chi connectivity index (χ1) is 6.51. The first kappa shape index (κ1) is 11.2. The van der Waals surface area contributed by atoms with Gasteiger partial charge in [-0.2, -0.15) is 0 Å². The molecule has 80 valence electrons. The zero-order chi connectivity index (χ0) is 10.8. The number of hydrogen-bond acceptors (Lipinski definition) is 2. The molecule has 0 atom stereocenters. The Morgan fingerprint density at radius 2 is 2.00 bits per heavy atom. The lowest BCUT2D eigenvalue weighted by atomic mass is 9.92. The molecule has 1 fully saturated rings. The summed E-state index contributed by atoms with van der Waals surface area (Å²) in [4.78, 5) is 13.6. The van der Waals surface area contributed by atoms with Gasteiger partial charge in [0, 0.05) is 17.8 Å². The molecule has 1 aliphatic heterocycles. The van der Waals surface area contributed by atoms with Crippen LogP contribution in [0.1, 0.15) is 33.6 Å². The second-order valence-electron chi connectivity index (χ2n) is 4.21. The van der Waals surface area contributed by atoms with Gasteiger partial charge in [0.15, 0.2) is 0 Å². The molecule has 0 radical (unpaired) electrons. The Morgan fingerprint density at radius 3 is 2.43 bits per heavy atom. The van der Waals surface area contributed by atoms with Gasteiger partial charge in [-0.3, -0.25) is 9.69 Å². The van der Waals surface area contributed by atoms with E-state index < -0.39 is 0 Å². The molecule has 0 unspecified atom stereocenters. The highest BCUT2D eigenvalue weighted by Crippen LogP contribution is 2.24. The van der Waals surface area contributed by atoms with E-state index >= 15 is 0 Å². The summed E-state index contributed by atoms with van der Waals surface area (Å²) in [7, 11) is 0. The van der Waals surface area contributed by atoms with E-state index in [0.29, 0.717) is 6.54 Å². The number of carbonyl (C=O) groups excluding carboxylic acids is 1. The van der Waals surface area contributed by atoms with Gasteiger partial charge in [0.05, 0.1) is 6.54 Å². The Balaban J connectivity index is 2.76. The Kier molecular flexibility index (Phi) is 3.32. The molecular weight excluding hydrogens is 176 g/mol. The maximum absolute atomic E-state index is 11.3. The number of amides is 1. The van der Waals surface area contributed by atoms with Crippen molar-refractivity contribution in [1.82, 2.24) is 10.2 Å². The predicted octanol–water partition coefficient (Wildman–Crippen LogP) is 1.51. The summed E-state index contributed by atoms with van der Waals surface area (Å²) in [5.41, 5.74) is 0.940. The van der Waals surface area contributed by atoms with E-state index in [4.69, 9.17) is 0 Å². The standard InChI is InChI=1S/C11H20N2O/c1-5-11(4,6-2)13-7-9(3)12-10(14)8-13/h3,5-8H2,1-2,4H3,(H,12,14). The van der Waals surface area contributed by atoms with Gasteiger partial charge >= 0.3 is 0 Å². The van der Waals surface area contributed by atoms with E-state index in [1.165, 1.54) is 0 Å². The smallest absolute Gasteiger partial charge is 0.238 e. The molecule has 0 saturated carbocycles. The van der Waals surface area contributed by atoms with Crippen LogP contribution in [0.4, 0.5) is 0 Å². The summed E-state index contributed by atoms with van der Waals surface area (Å²) < 4.78 is 0. The molecule has 3 heteroatoms. The number of rotatable bonds is 3. The number of nitrogens with one attached hydrogen (secondary N) is 1. The zero-order valence-corrected chi connectivity index (χ0v) is 9.39. The van der Waals surface area contributed by atoms with Crippen molar-refractivity contribution >= 4 is 5.91 Å². The highest BCUT2D eigenvalue weighted by Gasteiger charge is 2.32. The molecule has 0 aromatic carbocycles. The molecule has 0 bridgehead atoms. The highest BCUT2D eigenvalue weighted by molar-refractivity contribution is 5.81. The fraction of sp³-hybridized carbons (Fsp3) is 0.727. The number of piperazine rings is 1. The maximum Gasteiger partial charge on any atom is 0.238 e. The highest BCUT2D eigenvalue weighted by atomic mass is 16.2. The van der Waals surface area contributed by atoms with Crippen LogP contribution in [0.25, 0.3) is 0 Å². The third-order valence-corrected chi connectivity index (χ3v) is 3.32. The van der Waals surface area contributed by atoms with Gasteiger partial charge in [-0.05, 0) is 19.8 Å². The summed E-state index contributed by atoms with van der Waals surface area (Å²) in [5, 5.41) is 2.75. The minimum atomic E-state index is 0.0642. The summed E-state index contributed by atoms with van der Waals surface area (Å²) in [5.74, 6) is 0.0642. The van der Waals surface area contributed by atoms with Crippen molar-refractivity contribution in [3.05, 3.63) is 12.3 Å². The molecule has 1 N–H and O–H groups in total. The van der Waals surface area contributed by atoms with E-state index in [2.05, 4.69) is 37.6 Å². The summed E-state index contributed by atoms with van der Waals surface area (Å²) in [6.45, 7) is 11.6. The lowest BCUT2D eigenvalue weighted by Crippen LogP contribution is -2.55. The molecule has 3 nitrogen and oxygen atoms in total. The fourth-order valence-electron chi connectivity index (χ4n) is 1.81. The number of hydrogen-bond donors (Lipinski definition) is 1. The summed E-state index contributed by atoms with van der Waals surface area (Å²) >= 11 is 0. The van der Waals surface area contributed by atoms with Gasteiger partial charge in [0.25, 0.3) is 0 Å². The molecule has 0 aromatic heterocycles. The Labute approximate surface area is 86.2 Å². The zero-order valence-electron chi connectivity index (χ0n) is 9.39. The van der Waals surface area contributed by atoms with Crippen molar-refractivity contribution in [2.45, 2.75) is 39.2 Å². The van der Waals surface area contributed by atoms with E-state index in [1.807, 2.05) is 0 Å². The van der Waals surface area contributed by atoms with Crippen LogP contribution < -0.4 is 5.32 Å². The van der Waals surface area contributed by atoms with Crippen LogP contribution in [0.2, 0.25) is 0 Å². The Bertz CT molecular complexity index is 228. The largest absolute Gasteiger partial charge is 0.328 e. The van der Waals surface area contributed by atoms with Crippen molar-refractivity contribution in [3.63, 3.8) is 0 Å². The van der Waals surface area contributed by atoms with Gasteiger partial charge in [-0.15, -0.1) is 0 Å². The van der Waals surface area contributed by atoms with E-state index in [1.54, 1.807) is 0 Å². The van der Waals surface area contributed by atoms with Crippen LogP contribution in [-0.2, 0) is 4.79 Å². The normalized spacial score (nSPS) is 19.6. The molecule has 1 saturated heterocycles. The van der Waals surface area contributed by atoms with Gasteiger partial charge in [0.2, 0.25) is 5.91 Å². The quantitative estimate of drug-likeness (QED) is 0.742.